The monoisotopic (exact) mass is 310 g/mol. The molecule has 0 fully saturated rings. The predicted molar refractivity (Wildman–Crippen MR) is 77.1 cm³/mol. The molecule has 0 unspecified atom stereocenters. The van der Waals surface area contributed by atoms with E-state index in [4.69, 9.17) is 10.4 Å². The van der Waals surface area contributed by atoms with E-state index in [1.54, 1.807) is 6.92 Å². The zero-order chi connectivity index (χ0) is 16.2. The average molecular weight is 310 g/mol. The molecule has 114 valence electrons. The van der Waals surface area contributed by atoms with E-state index in [2.05, 4.69) is 4.72 Å². The van der Waals surface area contributed by atoms with Gasteiger partial charge in [0.1, 0.15) is 6.04 Å². The third-order valence-electron chi connectivity index (χ3n) is 2.91. The van der Waals surface area contributed by atoms with Crippen LogP contribution in [-0.2, 0) is 14.8 Å². The van der Waals surface area contributed by atoms with Crippen LogP contribution in [0.25, 0.3) is 0 Å². The number of aryl methyl sites for hydroxylation is 1. The third kappa shape index (κ3) is 4.55. The molecule has 0 heterocycles. The summed E-state index contributed by atoms with van der Waals surface area (Å²) >= 11 is 0. The quantitative estimate of drug-likeness (QED) is 0.830. The minimum atomic E-state index is -4.00. The molecule has 0 aliphatic rings. The Labute approximate surface area is 124 Å². The summed E-state index contributed by atoms with van der Waals surface area (Å²) in [5, 5.41) is 18.0. The fourth-order valence-electron chi connectivity index (χ4n) is 1.88. The van der Waals surface area contributed by atoms with Crippen LogP contribution in [0.15, 0.2) is 23.1 Å². The molecular weight excluding hydrogens is 292 g/mol. The van der Waals surface area contributed by atoms with Gasteiger partial charge in [-0.25, -0.2) is 8.42 Å². The van der Waals surface area contributed by atoms with Crippen LogP contribution in [0.4, 0.5) is 0 Å². The maximum atomic E-state index is 12.3. The maximum absolute atomic E-state index is 12.3. The van der Waals surface area contributed by atoms with Crippen molar-refractivity contribution in [3.05, 3.63) is 29.3 Å². The number of carboxylic acids is 1. The van der Waals surface area contributed by atoms with E-state index < -0.39 is 22.0 Å². The fraction of sp³-hybridized carbons (Fsp3) is 0.429. The van der Waals surface area contributed by atoms with E-state index in [0.29, 0.717) is 5.56 Å². The van der Waals surface area contributed by atoms with Crippen LogP contribution < -0.4 is 4.72 Å². The van der Waals surface area contributed by atoms with Crippen LogP contribution in [0.1, 0.15) is 31.4 Å². The van der Waals surface area contributed by atoms with Gasteiger partial charge in [-0.3, -0.25) is 4.79 Å². The molecule has 6 nitrogen and oxygen atoms in total. The number of hydrogen-bond acceptors (Lipinski definition) is 4. The van der Waals surface area contributed by atoms with Gasteiger partial charge in [-0.2, -0.15) is 9.98 Å². The van der Waals surface area contributed by atoms with Crippen LogP contribution in [0.3, 0.4) is 0 Å². The lowest BCUT2D eigenvalue weighted by molar-refractivity contribution is -0.139. The number of hydrogen-bond donors (Lipinski definition) is 2. The summed E-state index contributed by atoms with van der Waals surface area (Å²) in [7, 11) is -4.00. The maximum Gasteiger partial charge on any atom is 0.321 e. The number of nitrogens with one attached hydrogen (secondary N) is 1. The highest BCUT2D eigenvalue weighted by atomic mass is 32.2. The van der Waals surface area contributed by atoms with Crippen molar-refractivity contribution in [3.63, 3.8) is 0 Å². The number of carboxylic acid groups (broad SMARTS) is 1. The van der Waals surface area contributed by atoms with Crippen molar-refractivity contribution in [1.29, 1.82) is 5.26 Å². The van der Waals surface area contributed by atoms with E-state index in [-0.39, 0.29) is 22.8 Å². The number of sulfonamides is 1. The molecule has 0 radical (unpaired) electrons. The van der Waals surface area contributed by atoms with Gasteiger partial charge in [-0.05, 0) is 37.0 Å². The van der Waals surface area contributed by atoms with E-state index >= 15 is 0 Å². The molecular formula is C14H18N2O4S. The average Bonchev–Trinajstić information content (AvgIpc) is 2.37. The zero-order valence-electron chi connectivity index (χ0n) is 12.1. The van der Waals surface area contributed by atoms with Crippen molar-refractivity contribution in [2.75, 3.05) is 0 Å². The van der Waals surface area contributed by atoms with Crippen molar-refractivity contribution in [3.8, 4) is 6.07 Å². The number of benzene rings is 1. The predicted octanol–water partition coefficient (Wildman–Crippen LogP) is 1.64. The first kappa shape index (κ1) is 17.1. The first-order valence-corrected chi connectivity index (χ1v) is 7.91. The summed E-state index contributed by atoms with van der Waals surface area (Å²) < 4.78 is 26.9. The fourth-order valence-corrected chi connectivity index (χ4v) is 3.35. The summed E-state index contributed by atoms with van der Waals surface area (Å²) in [6.45, 7) is 5.21. The first-order chi connectivity index (χ1) is 9.67. The minimum absolute atomic E-state index is 0.0281. The summed E-state index contributed by atoms with van der Waals surface area (Å²) in [6, 6.07) is 4.94. The number of nitriles is 1. The van der Waals surface area contributed by atoms with Crippen LogP contribution in [0.2, 0.25) is 0 Å². The molecule has 0 saturated carbocycles. The van der Waals surface area contributed by atoms with Gasteiger partial charge in [-0.1, -0.05) is 19.9 Å². The number of aliphatic carboxylic acids is 1. The van der Waals surface area contributed by atoms with Gasteiger partial charge in [0, 0.05) is 0 Å². The summed E-state index contributed by atoms with van der Waals surface area (Å²) in [4.78, 5) is 11.1. The lowest BCUT2D eigenvalue weighted by Gasteiger charge is -2.17. The first-order valence-electron chi connectivity index (χ1n) is 6.43. The normalized spacial score (nSPS) is 12.9. The number of carbonyl (C=O) groups is 1. The van der Waals surface area contributed by atoms with Gasteiger partial charge in [0.2, 0.25) is 10.0 Å². The Morgan fingerprint density at radius 2 is 2.05 bits per heavy atom. The third-order valence-corrected chi connectivity index (χ3v) is 4.52. The van der Waals surface area contributed by atoms with E-state index in [0.717, 1.165) is 0 Å². The van der Waals surface area contributed by atoms with Crippen molar-refractivity contribution >= 4 is 16.0 Å². The van der Waals surface area contributed by atoms with E-state index in [1.807, 2.05) is 19.9 Å². The molecule has 0 spiro atoms. The Kier molecular flexibility index (Phi) is 5.47. The topological polar surface area (TPSA) is 107 Å². The molecule has 7 heteroatoms. The summed E-state index contributed by atoms with van der Waals surface area (Å²) in [5.41, 5.74) is 0.659. The molecule has 0 bridgehead atoms. The second-order valence-corrected chi connectivity index (χ2v) is 6.92. The summed E-state index contributed by atoms with van der Waals surface area (Å²) in [6.07, 6.45) is 0.186. The Morgan fingerprint density at radius 3 is 2.52 bits per heavy atom. The second-order valence-electron chi connectivity index (χ2n) is 5.23. The summed E-state index contributed by atoms with van der Waals surface area (Å²) in [5.74, 6) is -1.19. The van der Waals surface area contributed by atoms with Crippen LogP contribution in [-0.4, -0.2) is 25.5 Å². The van der Waals surface area contributed by atoms with Crippen molar-refractivity contribution in [2.45, 2.75) is 38.1 Å². The van der Waals surface area contributed by atoms with Crippen LogP contribution in [0, 0.1) is 24.2 Å². The van der Waals surface area contributed by atoms with Crippen LogP contribution >= 0.6 is 0 Å². The largest absolute Gasteiger partial charge is 0.480 e. The lowest BCUT2D eigenvalue weighted by atomic mass is 10.1. The molecule has 1 rings (SSSR count). The Balaban J connectivity index is 3.16. The molecule has 0 aliphatic carbocycles. The van der Waals surface area contributed by atoms with Gasteiger partial charge < -0.3 is 5.11 Å². The Bertz CT molecular complexity index is 675. The van der Waals surface area contributed by atoms with Gasteiger partial charge in [0.25, 0.3) is 0 Å². The van der Waals surface area contributed by atoms with E-state index in [1.165, 1.54) is 18.2 Å². The second kappa shape index (κ2) is 6.70. The van der Waals surface area contributed by atoms with Gasteiger partial charge in [-0.15, -0.1) is 0 Å². The van der Waals surface area contributed by atoms with Gasteiger partial charge >= 0.3 is 5.97 Å². The minimum Gasteiger partial charge on any atom is -0.480 e. The Hall–Kier alpha value is -1.91. The molecule has 0 saturated heterocycles. The highest BCUT2D eigenvalue weighted by Gasteiger charge is 2.27. The smallest absolute Gasteiger partial charge is 0.321 e. The highest BCUT2D eigenvalue weighted by molar-refractivity contribution is 7.89. The van der Waals surface area contributed by atoms with Crippen LogP contribution in [0.5, 0.6) is 0 Å². The lowest BCUT2D eigenvalue weighted by Crippen LogP contribution is -2.41. The molecule has 0 aromatic heterocycles. The van der Waals surface area contributed by atoms with Crippen molar-refractivity contribution < 1.29 is 18.3 Å². The molecule has 2 N–H and O–H groups in total. The van der Waals surface area contributed by atoms with E-state index in [9.17, 15) is 13.2 Å². The van der Waals surface area contributed by atoms with Gasteiger partial charge in [0.05, 0.1) is 16.5 Å². The molecule has 1 atom stereocenters. The Morgan fingerprint density at radius 1 is 1.43 bits per heavy atom. The van der Waals surface area contributed by atoms with Crippen molar-refractivity contribution in [1.82, 2.24) is 4.72 Å². The molecule has 1 aromatic carbocycles. The number of nitrogens with zero attached hydrogens (tertiary/aromatic N) is 1. The van der Waals surface area contributed by atoms with Crippen molar-refractivity contribution in [2.24, 2.45) is 5.92 Å². The standard InChI is InChI=1S/C14H18N2O4S/c1-9(2)6-12(14(17)18)16-21(19,20)13-7-11(8-15)5-4-10(13)3/h4-5,7,9,12,16H,6H2,1-3H3,(H,17,18)/t12-/m0/s1. The molecule has 0 aliphatic heterocycles. The molecule has 1 aromatic rings. The van der Waals surface area contributed by atoms with Gasteiger partial charge in [0.15, 0.2) is 0 Å². The molecule has 21 heavy (non-hydrogen) atoms. The zero-order valence-corrected chi connectivity index (χ0v) is 12.9. The number of rotatable bonds is 6. The highest BCUT2D eigenvalue weighted by Crippen LogP contribution is 2.18. The molecule has 0 amide bonds. The SMILES string of the molecule is Cc1ccc(C#N)cc1S(=O)(=O)N[C@@H](CC(C)C)C(=O)O.